The number of thiazole rings is 1. The molecule has 0 bridgehead atoms. The van der Waals surface area contributed by atoms with Gasteiger partial charge in [-0.25, -0.2) is 9.78 Å². The van der Waals surface area contributed by atoms with Crippen molar-refractivity contribution >= 4 is 33.9 Å². The SMILES string of the molecule is Cc1csc2nc(COC(=O)c3cnn(Cc4ccccc4Cl)c3)cc(=O)n12. The number of fused-ring (bicyclic) bond motifs is 1. The highest BCUT2D eigenvalue weighted by Gasteiger charge is 2.13. The lowest BCUT2D eigenvalue weighted by Crippen LogP contribution is -2.16. The molecule has 0 saturated carbocycles. The fourth-order valence-electron chi connectivity index (χ4n) is 2.75. The maximum atomic E-state index is 12.3. The van der Waals surface area contributed by atoms with E-state index in [1.807, 2.05) is 30.5 Å². The van der Waals surface area contributed by atoms with Crippen LogP contribution in [-0.4, -0.2) is 25.1 Å². The van der Waals surface area contributed by atoms with Gasteiger partial charge in [-0.2, -0.15) is 5.10 Å². The lowest BCUT2D eigenvalue weighted by molar-refractivity contribution is 0.0467. The minimum atomic E-state index is -0.533. The number of aryl methyl sites for hydroxylation is 1. The van der Waals surface area contributed by atoms with Crippen molar-refractivity contribution in [1.29, 1.82) is 0 Å². The fraction of sp³-hybridized carbons (Fsp3) is 0.158. The van der Waals surface area contributed by atoms with Crippen molar-refractivity contribution in [2.45, 2.75) is 20.1 Å². The Morgan fingerprint density at radius 3 is 2.96 bits per heavy atom. The van der Waals surface area contributed by atoms with Crippen molar-refractivity contribution < 1.29 is 9.53 Å². The number of rotatable bonds is 5. The second kappa shape index (κ2) is 7.57. The first-order chi connectivity index (χ1) is 13.5. The summed E-state index contributed by atoms with van der Waals surface area (Å²) in [7, 11) is 0. The first-order valence-electron chi connectivity index (χ1n) is 8.41. The Balaban J connectivity index is 1.44. The van der Waals surface area contributed by atoms with Gasteiger partial charge in [0.2, 0.25) is 0 Å². The number of aromatic nitrogens is 4. The van der Waals surface area contributed by atoms with Crippen LogP contribution < -0.4 is 5.56 Å². The first-order valence-corrected chi connectivity index (χ1v) is 9.67. The van der Waals surface area contributed by atoms with Gasteiger partial charge in [-0.05, 0) is 18.6 Å². The number of carbonyl (C=O) groups excluding carboxylic acids is 1. The van der Waals surface area contributed by atoms with E-state index < -0.39 is 5.97 Å². The topological polar surface area (TPSA) is 78.5 Å². The minimum Gasteiger partial charge on any atom is -0.455 e. The van der Waals surface area contributed by atoms with Crippen molar-refractivity contribution in [2.75, 3.05) is 0 Å². The maximum absolute atomic E-state index is 12.3. The van der Waals surface area contributed by atoms with Crippen molar-refractivity contribution in [3.63, 3.8) is 0 Å². The van der Waals surface area contributed by atoms with Gasteiger partial charge in [0, 0.05) is 28.4 Å². The summed E-state index contributed by atoms with van der Waals surface area (Å²) in [4.78, 5) is 29.4. The number of carbonyl (C=O) groups is 1. The van der Waals surface area contributed by atoms with Gasteiger partial charge in [0.25, 0.3) is 5.56 Å². The molecule has 3 aromatic heterocycles. The molecule has 0 atom stereocenters. The molecule has 0 aliphatic carbocycles. The van der Waals surface area contributed by atoms with E-state index in [1.54, 1.807) is 16.9 Å². The van der Waals surface area contributed by atoms with Crippen LogP contribution in [0.25, 0.3) is 4.96 Å². The highest BCUT2D eigenvalue weighted by atomic mass is 35.5. The standard InChI is InChI=1S/C19H15ClN4O3S/c1-12-11-28-19-22-15(6-17(25)24(12)19)10-27-18(26)14-7-21-23(9-14)8-13-4-2-3-5-16(13)20/h2-7,9,11H,8,10H2,1H3. The molecule has 0 aliphatic heterocycles. The average Bonchev–Trinajstić information content (AvgIpc) is 3.29. The van der Waals surface area contributed by atoms with E-state index in [0.29, 0.717) is 27.8 Å². The average molecular weight is 415 g/mol. The van der Waals surface area contributed by atoms with Crippen LogP contribution in [-0.2, 0) is 17.9 Å². The number of halogens is 1. The largest absolute Gasteiger partial charge is 0.455 e. The number of esters is 1. The summed E-state index contributed by atoms with van der Waals surface area (Å²) >= 11 is 7.52. The predicted molar refractivity (Wildman–Crippen MR) is 106 cm³/mol. The van der Waals surface area contributed by atoms with Gasteiger partial charge >= 0.3 is 5.97 Å². The van der Waals surface area contributed by atoms with Crippen LogP contribution in [0.15, 0.2) is 52.9 Å². The van der Waals surface area contributed by atoms with E-state index in [4.69, 9.17) is 16.3 Å². The maximum Gasteiger partial charge on any atom is 0.341 e. The molecule has 0 amide bonds. The molecule has 0 saturated heterocycles. The summed E-state index contributed by atoms with van der Waals surface area (Å²) in [5, 5.41) is 6.67. The van der Waals surface area contributed by atoms with Gasteiger partial charge < -0.3 is 4.74 Å². The highest BCUT2D eigenvalue weighted by molar-refractivity contribution is 7.15. The van der Waals surface area contributed by atoms with Crippen molar-refractivity contribution in [1.82, 2.24) is 19.2 Å². The van der Waals surface area contributed by atoms with E-state index in [0.717, 1.165) is 11.3 Å². The third-order valence-electron chi connectivity index (χ3n) is 4.14. The molecule has 0 radical (unpaired) electrons. The van der Waals surface area contributed by atoms with Crippen LogP contribution in [0.5, 0.6) is 0 Å². The Labute approximate surface area is 168 Å². The monoisotopic (exact) mass is 414 g/mol. The van der Waals surface area contributed by atoms with Crippen LogP contribution in [0.1, 0.15) is 27.3 Å². The normalized spacial score (nSPS) is 11.1. The molecule has 4 aromatic rings. The number of hydrogen-bond acceptors (Lipinski definition) is 6. The van der Waals surface area contributed by atoms with Crippen LogP contribution >= 0.6 is 22.9 Å². The molecule has 7 nitrogen and oxygen atoms in total. The third-order valence-corrected chi connectivity index (χ3v) is 5.45. The molecule has 142 valence electrons. The lowest BCUT2D eigenvalue weighted by atomic mass is 10.2. The number of hydrogen-bond donors (Lipinski definition) is 0. The molecule has 0 fully saturated rings. The number of nitrogens with zero attached hydrogens (tertiary/aromatic N) is 4. The fourth-order valence-corrected chi connectivity index (χ4v) is 3.84. The Hall–Kier alpha value is -2.97. The summed E-state index contributed by atoms with van der Waals surface area (Å²) in [6.07, 6.45) is 3.03. The van der Waals surface area contributed by atoms with Gasteiger partial charge in [-0.15, -0.1) is 11.3 Å². The summed E-state index contributed by atoms with van der Waals surface area (Å²) in [5.41, 5.74) is 2.26. The van der Waals surface area contributed by atoms with Crippen molar-refractivity contribution in [3.8, 4) is 0 Å². The molecule has 0 unspecified atom stereocenters. The first kappa shape index (κ1) is 18.4. The zero-order valence-corrected chi connectivity index (χ0v) is 16.4. The summed E-state index contributed by atoms with van der Waals surface area (Å²) in [6, 6.07) is 8.82. The van der Waals surface area contributed by atoms with E-state index in [9.17, 15) is 9.59 Å². The summed E-state index contributed by atoms with van der Waals surface area (Å²) in [5.74, 6) is -0.533. The van der Waals surface area contributed by atoms with Gasteiger partial charge in [-0.3, -0.25) is 13.9 Å². The summed E-state index contributed by atoms with van der Waals surface area (Å²) < 4.78 is 8.42. The predicted octanol–water partition coefficient (Wildman–Crippen LogP) is 3.32. The molecule has 0 spiro atoms. The Bertz CT molecular complexity index is 1230. The van der Waals surface area contributed by atoms with Gasteiger partial charge in [0.15, 0.2) is 4.96 Å². The second-order valence-electron chi connectivity index (χ2n) is 6.17. The zero-order chi connectivity index (χ0) is 19.7. The summed E-state index contributed by atoms with van der Waals surface area (Å²) in [6.45, 7) is 2.20. The van der Waals surface area contributed by atoms with E-state index in [-0.39, 0.29) is 12.2 Å². The van der Waals surface area contributed by atoms with E-state index >= 15 is 0 Å². The van der Waals surface area contributed by atoms with Crippen molar-refractivity contribution in [3.05, 3.63) is 86.0 Å². The lowest BCUT2D eigenvalue weighted by Gasteiger charge is -2.04. The quantitative estimate of drug-likeness (QED) is 0.468. The molecule has 4 rings (SSSR count). The Morgan fingerprint density at radius 2 is 2.14 bits per heavy atom. The van der Waals surface area contributed by atoms with Gasteiger partial charge in [0.1, 0.15) is 6.61 Å². The van der Waals surface area contributed by atoms with Crippen molar-refractivity contribution in [2.24, 2.45) is 0 Å². The Morgan fingerprint density at radius 1 is 1.32 bits per heavy atom. The van der Waals surface area contributed by atoms with Gasteiger partial charge in [-0.1, -0.05) is 29.8 Å². The number of benzene rings is 1. The highest BCUT2D eigenvalue weighted by Crippen LogP contribution is 2.16. The molecule has 1 aromatic carbocycles. The third kappa shape index (κ3) is 3.69. The minimum absolute atomic E-state index is 0.0861. The molecule has 0 N–H and O–H groups in total. The van der Waals surface area contributed by atoms with E-state index in [2.05, 4.69) is 10.1 Å². The second-order valence-corrected chi connectivity index (χ2v) is 7.42. The number of ether oxygens (including phenoxy) is 1. The van der Waals surface area contributed by atoms with Crippen LogP contribution in [0.2, 0.25) is 5.02 Å². The van der Waals surface area contributed by atoms with Crippen LogP contribution in [0, 0.1) is 6.92 Å². The molecule has 9 heteroatoms. The van der Waals surface area contributed by atoms with Crippen LogP contribution in [0.3, 0.4) is 0 Å². The smallest absolute Gasteiger partial charge is 0.341 e. The molecule has 0 aliphatic rings. The molecular weight excluding hydrogens is 400 g/mol. The van der Waals surface area contributed by atoms with Crippen LogP contribution in [0.4, 0.5) is 0 Å². The zero-order valence-electron chi connectivity index (χ0n) is 14.8. The molecular formula is C19H15ClN4O3S. The molecule has 3 heterocycles. The van der Waals surface area contributed by atoms with Gasteiger partial charge in [0.05, 0.1) is 24.0 Å². The van der Waals surface area contributed by atoms with E-state index in [1.165, 1.54) is 28.0 Å². The Kier molecular flexibility index (Phi) is 4.97. The molecule has 28 heavy (non-hydrogen) atoms.